The quantitative estimate of drug-likeness (QED) is 0.794. The van der Waals surface area contributed by atoms with Crippen molar-refractivity contribution in [2.24, 2.45) is 17.8 Å². The van der Waals surface area contributed by atoms with E-state index in [2.05, 4.69) is 47.5 Å². The molecule has 4 heteroatoms. The summed E-state index contributed by atoms with van der Waals surface area (Å²) in [5, 5.41) is 14.7. The first-order valence-electron chi connectivity index (χ1n) is 11.0. The van der Waals surface area contributed by atoms with Crippen molar-refractivity contribution in [1.29, 1.82) is 0 Å². The van der Waals surface area contributed by atoms with Gasteiger partial charge >= 0.3 is 0 Å². The minimum absolute atomic E-state index is 0.0260. The third kappa shape index (κ3) is 3.19. The predicted molar refractivity (Wildman–Crippen MR) is 113 cm³/mol. The van der Waals surface area contributed by atoms with Crippen molar-refractivity contribution in [2.45, 2.75) is 43.9 Å². The summed E-state index contributed by atoms with van der Waals surface area (Å²) in [6.45, 7) is 4.29. The maximum atomic E-state index is 13.2. The lowest BCUT2D eigenvalue weighted by molar-refractivity contribution is -0.152. The maximum absolute atomic E-state index is 13.2. The summed E-state index contributed by atoms with van der Waals surface area (Å²) in [6, 6.07) is 20.7. The lowest BCUT2D eigenvalue weighted by atomic mass is 9.69. The number of benzene rings is 2. The molecule has 2 aromatic carbocycles. The normalized spacial score (nSPS) is 29.4. The van der Waals surface area contributed by atoms with Crippen molar-refractivity contribution in [1.82, 2.24) is 10.2 Å². The molecule has 1 heterocycles. The molecule has 1 amide bonds. The fourth-order valence-electron chi connectivity index (χ4n) is 5.36. The molecule has 0 aromatic heterocycles. The van der Waals surface area contributed by atoms with Gasteiger partial charge in [0.1, 0.15) is 0 Å². The topological polar surface area (TPSA) is 52.6 Å². The standard InChI is InChI=1S/C25H30N2O2/c1-17(18-9-4-2-5-10-18)27-15-21-22(16-27)23(21)26-24(28)25(29,20-13-8-14-20)19-11-6-3-7-12-19/h2-7,9-12,17,20-23,29H,8,13-16H2,1H3,(H,26,28)/t17?,21-,22+,23?,25?. The Hall–Kier alpha value is -2.17. The zero-order chi connectivity index (χ0) is 20.0. The molecule has 5 atom stereocenters. The molecule has 3 aliphatic rings. The molecule has 152 valence electrons. The van der Waals surface area contributed by atoms with Crippen LogP contribution in [0.25, 0.3) is 0 Å². The number of fused-ring (bicyclic) bond motifs is 1. The second-order valence-corrected chi connectivity index (χ2v) is 9.13. The summed E-state index contributed by atoms with van der Waals surface area (Å²) in [7, 11) is 0. The number of nitrogens with one attached hydrogen (secondary N) is 1. The summed E-state index contributed by atoms with van der Waals surface area (Å²) in [5.41, 5.74) is 0.679. The molecule has 0 bridgehead atoms. The zero-order valence-corrected chi connectivity index (χ0v) is 17.0. The average molecular weight is 391 g/mol. The number of hydrogen-bond donors (Lipinski definition) is 2. The van der Waals surface area contributed by atoms with Crippen LogP contribution in [-0.4, -0.2) is 35.0 Å². The first-order chi connectivity index (χ1) is 14.1. The van der Waals surface area contributed by atoms with Gasteiger partial charge in [0, 0.05) is 31.1 Å². The molecular formula is C25H30N2O2. The molecule has 2 aliphatic carbocycles. The molecule has 0 radical (unpaired) electrons. The molecule has 2 N–H and O–H groups in total. The number of piperidine rings is 1. The van der Waals surface area contributed by atoms with E-state index in [1.165, 1.54) is 5.56 Å². The fourth-order valence-corrected chi connectivity index (χ4v) is 5.36. The molecule has 4 nitrogen and oxygen atoms in total. The van der Waals surface area contributed by atoms with E-state index in [1.807, 2.05) is 30.3 Å². The molecule has 2 saturated carbocycles. The first kappa shape index (κ1) is 18.8. The molecule has 5 rings (SSSR count). The SMILES string of the molecule is CC(c1ccccc1)N1C[C@@H]2C(NC(=O)C(O)(c3ccccc3)C3CCC3)[C@@H]2C1. The molecule has 3 fully saturated rings. The van der Waals surface area contributed by atoms with Gasteiger partial charge in [-0.05, 0) is 42.7 Å². The molecular weight excluding hydrogens is 360 g/mol. The number of nitrogens with zero attached hydrogens (tertiary/aromatic N) is 1. The van der Waals surface area contributed by atoms with Crippen LogP contribution in [0.15, 0.2) is 60.7 Å². The van der Waals surface area contributed by atoms with Crippen LogP contribution in [0, 0.1) is 17.8 Å². The second kappa shape index (κ2) is 7.26. The lowest BCUT2D eigenvalue weighted by Gasteiger charge is -2.40. The van der Waals surface area contributed by atoms with E-state index >= 15 is 0 Å². The summed E-state index contributed by atoms with van der Waals surface area (Å²) in [6.07, 6.45) is 2.92. The number of carbonyl (C=O) groups excluding carboxylic acids is 1. The van der Waals surface area contributed by atoms with E-state index in [4.69, 9.17) is 0 Å². The van der Waals surface area contributed by atoms with E-state index in [0.29, 0.717) is 17.9 Å². The Labute approximate surface area is 172 Å². The number of hydrogen-bond acceptors (Lipinski definition) is 3. The Morgan fingerprint density at radius 2 is 1.62 bits per heavy atom. The molecule has 1 aliphatic heterocycles. The highest BCUT2D eigenvalue weighted by Crippen LogP contribution is 2.49. The van der Waals surface area contributed by atoms with Crippen molar-refractivity contribution >= 4 is 5.91 Å². The average Bonchev–Trinajstić information content (AvgIpc) is 3.15. The third-order valence-corrected chi connectivity index (χ3v) is 7.61. The van der Waals surface area contributed by atoms with Crippen LogP contribution in [-0.2, 0) is 10.4 Å². The van der Waals surface area contributed by atoms with Crippen molar-refractivity contribution in [3.63, 3.8) is 0 Å². The van der Waals surface area contributed by atoms with Crippen LogP contribution in [0.2, 0.25) is 0 Å². The van der Waals surface area contributed by atoms with Gasteiger partial charge in [0.2, 0.25) is 0 Å². The van der Waals surface area contributed by atoms with Crippen LogP contribution >= 0.6 is 0 Å². The van der Waals surface area contributed by atoms with Crippen molar-refractivity contribution < 1.29 is 9.90 Å². The van der Waals surface area contributed by atoms with Crippen LogP contribution in [0.4, 0.5) is 0 Å². The highest BCUT2D eigenvalue weighted by molar-refractivity contribution is 5.87. The fraction of sp³-hybridized carbons (Fsp3) is 0.480. The number of carbonyl (C=O) groups is 1. The van der Waals surface area contributed by atoms with Crippen molar-refractivity contribution in [2.75, 3.05) is 13.1 Å². The predicted octanol–water partition coefficient (Wildman–Crippen LogP) is 3.48. The van der Waals surface area contributed by atoms with Gasteiger partial charge in [-0.2, -0.15) is 0 Å². The first-order valence-corrected chi connectivity index (χ1v) is 11.0. The van der Waals surface area contributed by atoms with Crippen LogP contribution in [0.1, 0.15) is 43.4 Å². The number of rotatable bonds is 6. The number of amides is 1. The van der Waals surface area contributed by atoms with E-state index in [9.17, 15) is 9.90 Å². The highest BCUT2D eigenvalue weighted by atomic mass is 16.3. The van der Waals surface area contributed by atoms with Gasteiger partial charge in [0.15, 0.2) is 5.60 Å². The lowest BCUT2D eigenvalue weighted by Crippen LogP contribution is -2.53. The monoisotopic (exact) mass is 390 g/mol. The van der Waals surface area contributed by atoms with Crippen molar-refractivity contribution in [3.05, 3.63) is 71.8 Å². The Balaban J connectivity index is 1.24. The summed E-state index contributed by atoms with van der Waals surface area (Å²) in [4.78, 5) is 15.8. The van der Waals surface area contributed by atoms with Gasteiger partial charge in [-0.15, -0.1) is 0 Å². The summed E-state index contributed by atoms with van der Waals surface area (Å²) in [5.74, 6) is 0.839. The Morgan fingerprint density at radius 3 is 2.17 bits per heavy atom. The Morgan fingerprint density at radius 1 is 1.03 bits per heavy atom. The smallest absolute Gasteiger partial charge is 0.257 e. The number of likely N-dealkylation sites (tertiary alicyclic amines) is 1. The van der Waals surface area contributed by atoms with E-state index in [0.717, 1.165) is 37.9 Å². The van der Waals surface area contributed by atoms with E-state index in [-0.39, 0.29) is 17.9 Å². The van der Waals surface area contributed by atoms with Crippen LogP contribution < -0.4 is 5.32 Å². The zero-order valence-electron chi connectivity index (χ0n) is 17.0. The second-order valence-electron chi connectivity index (χ2n) is 9.13. The molecule has 29 heavy (non-hydrogen) atoms. The van der Waals surface area contributed by atoms with Gasteiger partial charge in [0.25, 0.3) is 5.91 Å². The largest absolute Gasteiger partial charge is 0.375 e. The van der Waals surface area contributed by atoms with Crippen LogP contribution in [0.5, 0.6) is 0 Å². The van der Waals surface area contributed by atoms with Gasteiger partial charge in [-0.3, -0.25) is 9.69 Å². The van der Waals surface area contributed by atoms with E-state index in [1.54, 1.807) is 0 Å². The number of aliphatic hydroxyl groups is 1. The summed E-state index contributed by atoms with van der Waals surface area (Å²) < 4.78 is 0. The Kier molecular flexibility index (Phi) is 4.72. The third-order valence-electron chi connectivity index (χ3n) is 7.61. The van der Waals surface area contributed by atoms with Gasteiger partial charge in [0.05, 0.1) is 0 Å². The minimum Gasteiger partial charge on any atom is -0.375 e. The van der Waals surface area contributed by atoms with Crippen LogP contribution in [0.3, 0.4) is 0 Å². The highest BCUT2D eigenvalue weighted by Gasteiger charge is 2.59. The van der Waals surface area contributed by atoms with Crippen molar-refractivity contribution in [3.8, 4) is 0 Å². The maximum Gasteiger partial charge on any atom is 0.257 e. The Bertz CT molecular complexity index is 855. The van der Waals surface area contributed by atoms with Gasteiger partial charge < -0.3 is 10.4 Å². The molecule has 0 spiro atoms. The molecule has 3 unspecified atom stereocenters. The minimum atomic E-state index is -1.40. The summed E-state index contributed by atoms with van der Waals surface area (Å²) >= 11 is 0. The van der Waals surface area contributed by atoms with Gasteiger partial charge in [-0.1, -0.05) is 67.1 Å². The molecule has 1 saturated heterocycles. The van der Waals surface area contributed by atoms with Gasteiger partial charge in [-0.25, -0.2) is 0 Å². The van der Waals surface area contributed by atoms with E-state index < -0.39 is 5.60 Å². The molecule has 2 aromatic rings.